The van der Waals surface area contributed by atoms with Crippen molar-refractivity contribution in [2.75, 3.05) is 6.54 Å². The van der Waals surface area contributed by atoms with Gasteiger partial charge in [-0.1, -0.05) is 17.7 Å². The zero-order chi connectivity index (χ0) is 14.8. The Morgan fingerprint density at radius 2 is 1.95 bits per heavy atom. The van der Waals surface area contributed by atoms with Crippen LogP contribution in [0.15, 0.2) is 18.2 Å². The van der Waals surface area contributed by atoms with Gasteiger partial charge in [0, 0.05) is 6.54 Å². The molecule has 0 fully saturated rings. The van der Waals surface area contributed by atoms with Gasteiger partial charge in [-0.2, -0.15) is 0 Å². The summed E-state index contributed by atoms with van der Waals surface area (Å²) in [6.45, 7) is 6.91. The van der Waals surface area contributed by atoms with E-state index in [9.17, 15) is 14.7 Å². The summed E-state index contributed by atoms with van der Waals surface area (Å²) in [6.07, 6.45) is 0. The minimum Gasteiger partial charge on any atom is -0.480 e. The largest absolute Gasteiger partial charge is 0.480 e. The highest BCUT2D eigenvalue weighted by molar-refractivity contribution is 6.34. The molecule has 1 amide bonds. The van der Waals surface area contributed by atoms with Gasteiger partial charge < -0.3 is 10.0 Å². The van der Waals surface area contributed by atoms with E-state index in [4.69, 9.17) is 11.6 Å². The van der Waals surface area contributed by atoms with Crippen molar-refractivity contribution in [3.05, 3.63) is 34.3 Å². The average Bonchev–Trinajstić information content (AvgIpc) is 2.28. The molecule has 1 aromatic carbocycles. The van der Waals surface area contributed by atoms with E-state index in [1.54, 1.807) is 25.1 Å². The minimum absolute atomic E-state index is 0.294. The number of amides is 1. The maximum Gasteiger partial charge on any atom is 0.329 e. The number of carbonyl (C=O) groups excluding carboxylic acids is 1. The topological polar surface area (TPSA) is 57.6 Å². The van der Waals surface area contributed by atoms with Crippen molar-refractivity contribution < 1.29 is 14.7 Å². The molecular formula is C14H18ClNO3. The lowest BCUT2D eigenvalue weighted by atomic mass is 10.0. The summed E-state index contributed by atoms with van der Waals surface area (Å²) in [4.78, 5) is 25.0. The summed E-state index contributed by atoms with van der Waals surface area (Å²) >= 11 is 6.06. The van der Waals surface area contributed by atoms with Crippen LogP contribution in [0, 0.1) is 6.92 Å². The van der Waals surface area contributed by atoms with Gasteiger partial charge in [0.1, 0.15) is 5.54 Å². The summed E-state index contributed by atoms with van der Waals surface area (Å²) in [7, 11) is 0. The average molecular weight is 284 g/mol. The van der Waals surface area contributed by atoms with Gasteiger partial charge in [0.25, 0.3) is 5.91 Å². The van der Waals surface area contributed by atoms with Crippen LogP contribution in [0.1, 0.15) is 36.7 Å². The summed E-state index contributed by atoms with van der Waals surface area (Å²) < 4.78 is 0. The number of hydrogen-bond acceptors (Lipinski definition) is 2. The molecule has 104 valence electrons. The van der Waals surface area contributed by atoms with Gasteiger partial charge in [0.2, 0.25) is 0 Å². The van der Waals surface area contributed by atoms with Crippen LogP contribution >= 0.6 is 11.6 Å². The normalized spacial score (nSPS) is 11.2. The van der Waals surface area contributed by atoms with Gasteiger partial charge in [-0.15, -0.1) is 0 Å². The summed E-state index contributed by atoms with van der Waals surface area (Å²) in [5.41, 5.74) is -0.00872. The molecule has 0 atom stereocenters. The quantitative estimate of drug-likeness (QED) is 0.924. The second kappa shape index (κ2) is 5.61. The molecule has 0 heterocycles. The van der Waals surface area contributed by atoms with Crippen LogP contribution in [0.5, 0.6) is 0 Å². The molecule has 0 aliphatic heterocycles. The first-order valence-electron chi connectivity index (χ1n) is 6.03. The van der Waals surface area contributed by atoms with E-state index in [0.717, 1.165) is 5.56 Å². The Kier molecular flexibility index (Phi) is 4.58. The number of hydrogen-bond donors (Lipinski definition) is 1. The van der Waals surface area contributed by atoms with E-state index in [1.807, 2.05) is 6.92 Å². The highest BCUT2D eigenvalue weighted by Crippen LogP contribution is 2.23. The van der Waals surface area contributed by atoms with Gasteiger partial charge in [0.15, 0.2) is 0 Å². The SMILES string of the molecule is CCN(C(=O)c1ccc(C)cc1Cl)C(C)(C)C(=O)O. The van der Waals surface area contributed by atoms with E-state index in [0.29, 0.717) is 17.1 Å². The number of carbonyl (C=O) groups is 2. The Hall–Kier alpha value is -1.55. The molecule has 0 unspecified atom stereocenters. The number of halogens is 1. The number of carboxylic acids is 1. The van der Waals surface area contributed by atoms with Crippen LogP contribution in [-0.4, -0.2) is 34.0 Å². The van der Waals surface area contributed by atoms with Crippen molar-refractivity contribution in [1.82, 2.24) is 4.90 Å². The number of carboxylic acid groups (broad SMARTS) is 1. The van der Waals surface area contributed by atoms with E-state index >= 15 is 0 Å². The first-order chi connectivity index (χ1) is 8.71. The van der Waals surface area contributed by atoms with Crippen molar-refractivity contribution in [1.29, 1.82) is 0 Å². The Balaban J connectivity index is 3.19. The van der Waals surface area contributed by atoms with Crippen LogP contribution in [0.25, 0.3) is 0 Å². The number of aliphatic carboxylic acids is 1. The molecular weight excluding hydrogens is 266 g/mol. The van der Waals surface area contributed by atoms with Crippen molar-refractivity contribution in [3.8, 4) is 0 Å². The second-order valence-corrected chi connectivity index (χ2v) is 5.30. The third kappa shape index (κ3) is 3.07. The monoisotopic (exact) mass is 283 g/mol. The fourth-order valence-corrected chi connectivity index (χ4v) is 2.16. The van der Waals surface area contributed by atoms with Crippen molar-refractivity contribution in [2.45, 2.75) is 33.2 Å². The molecule has 0 aliphatic carbocycles. The van der Waals surface area contributed by atoms with Crippen LogP contribution in [0.2, 0.25) is 5.02 Å². The summed E-state index contributed by atoms with van der Waals surface area (Å²) in [5, 5.41) is 9.56. The van der Waals surface area contributed by atoms with Crippen LogP contribution in [0.4, 0.5) is 0 Å². The molecule has 0 aromatic heterocycles. The fourth-order valence-electron chi connectivity index (χ4n) is 1.85. The van der Waals surface area contributed by atoms with Gasteiger partial charge >= 0.3 is 5.97 Å². The molecule has 0 bridgehead atoms. The maximum absolute atomic E-state index is 12.4. The van der Waals surface area contributed by atoms with Gasteiger partial charge in [0.05, 0.1) is 10.6 Å². The number of likely N-dealkylation sites (N-methyl/N-ethyl adjacent to an activating group) is 1. The maximum atomic E-state index is 12.4. The molecule has 1 aromatic rings. The molecule has 1 N–H and O–H groups in total. The Bertz CT molecular complexity index is 511. The second-order valence-electron chi connectivity index (χ2n) is 4.90. The van der Waals surface area contributed by atoms with Crippen molar-refractivity contribution in [3.63, 3.8) is 0 Å². The molecule has 0 radical (unpaired) electrons. The van der Waals surface area contributed by atoms with E-state index in [1.165, 1.54) is 18.7 Å². The lowest BCUT2D eigenvalue weighted by molar-refractivity contribution is -0.147. The molecule has 19 heavy (non-hydrogen) atoms. The zero-order valence-electron chi connectivity index (χ0n) is 11.5. The van der Waals surface area contributed by atoms with Crippen molar-refractivity contribution in [2.24, 2.45) is 0 Å². The molecule has 1 rings (SSSR count). The van der Waals surface area contributed by atoms with Gasteiger partial charge in [-0.3, -0.25) is 4.79 Å². The molecule has 0 spiro atoms. The molecule has 4 nitrogen and oxygen atoms in total. The Morgan fingerprint density at radius 1 is 1.37 bits per heavy atom. The third-order valence-corrected chi connectivity index (χ3v) is 3.43. The number of nitrogens with zero attached hydrogens (tertiary/aromatic N) is 1. The molecule has 0 saturated carbocycles. The molecule has 0 saturated heterocycles. The first-order valence-corrected chi connectivity index (χ1v) is 6.41. The smallest absolute Gasteiger partial charge is 0.329 e. The lowest BCUT2D eigenvalue weighted by Crippen LogP contribution is -2.53. The van der Waals surface area contributed by atoms with Gasteiger partial charge in [-0.25, -0.2) is 4.79 Å². The number of benzene rings is 1. The molecule has 0 aliphatic rings. The number of rotatable bonds is 4. The molecule has 5 heteroatoms. The van der Waals surface area contributed by atoms with Crippen LogP contribution < -0.4 is 0 Å². The predicted octanol–water partition coefficient (Wildman–Crippen LogP) is 2.97. The Morgan fingerprint density at radius 3 is 2.37 bits per heavy atom. The predicted molar refractivity (Wildman–Crippen MR) is 74.6 cm³/mol. The summed E-state index contributed by atoms with van der Waals surface area (Å²) in [6, 6.07) is 5.09. The van der Waals surface area contributed by atoms with E-state index in [2.05, 4.69) is 0 Å². The minimum atomic E-state index is -1.28. The standard InChI is InChI=1S/C14H18ClNO3/c1-5-16(14(3,4)13(18)19)12(17)10-7-6-9(2)8-11(10)15/h6-8H,5H2,1-4H3,(H,18,19). The van der Waals surface area contributed by atoms with Crippen LogP contribution in [0.3, 0.4) is 0 Å². The highest BCUT2D eigenvalue weighted by Gasteiger charge is 2.37. The van der Waals surface area contributed by atoms with Gasteiger partial charge in [-0.05, 0) is 45.4 Å². The number of aryl methyl sites for hydroxylation is 1. The lowest BCUT2D eigenvalue weighted by Gasteiger charge is -2.34. The Labute approximate surface area is 118 Å². The summed E-state index contributed by atoms with van der Waals surface area (Å²) in [5.74, 6) is -1.43. The first kappa shape index (κ1) is 15.5. The van der Waals surface area contributed by atoms with Crippen LogP contribution in [-0.2, 0) is 4.79 Å². The highest BCUT2D eigenvalue weighted by atomic mass is 35.5. The van der Waals surface area contributed by atoms with E-state index in [-0.39, 0.29) is 5.91 Å². The van der Waals surface area contributed by atoms with Crippen molar-refractivity contribution >= 4 is 23.5 Å². The third-order valence-electron chi connectivity index (χ3n) is 3.11. The zero-order valence-corrected chi connectivity index (χ0v) is 12.3. The fraction of sp³-hybridized carbons (Fsp3) is 0.429. The van der Waals surface area contributed by atoms with E-state index < -0.39 is 11.5 Å².